The number of nitro benzene ring substituents is 1. The van der Waals surface area contributed by atoms with Gasteiger partial charge < -0.3 is 10.1 Å². The number of hydrogen-bond acceptors (Lipinski definition) is 7. The molecule has 3 rings (SSSR count). The van der Waals surface area contributed by atoms with Crippen LogP contribution in [0.5, 0.6) is 0 Å². The number of ether oxygens (including phenoxy) is 1. The van der Waals surface area contributed by atoms with E-state index in [-0.39, 0.29) is 34.9 Å². The third-order valence-electron chi connectivity index (χ3n) is 4.50. The summed E-state index contributed by atoms with van der Waals surface area (Å²) < 4.78 is 4.95. The number of benzene rings is 2. The van der Waals surface area contributed by atoms with Gasteiger partial charge in [-0.3, -0.25) is 39.7 Å². The summed E-state index contributed by atoms with van der Waals surface area (Å²) in [6.07, 6.45) is -0.200. The molecule has 1 fully saturated rings. The molecule has 1 saturated heterocycles. The van der Waals surface area contributed by atoms with Crippen molar-refractivity contribution < 1.29 is 28.8 Å². The molecule has 0 radical (unpaired) electrons. The van der Waals surface area contributed by atoms with Crippen LogP contribution in [0.2, 0.25) is 5.02 Å². The average Bonchev–Trinajstić information content (AvgIpc) is 3.12. The number of non-ortho nitro benzene ring substituents is 1. The topological polar surface area (TPSA) is 148 Å². The van der Waals surface area contributed by atoms with Crippen molar-refractivity contribution in [1.82, 2.24) is 10.4 Å². The van der Waals surface area contributed by atoms with Gasteiger partial charge in [0.1, 0.15) is 0 Å². The summed E-state index contributed by atoms with van der Waals surface area (Å²) in [4.78, 5) is 58.8. The number of nitro groups is 1. The van der Waals surface area contributed by atoms with E-state index in [2.05, 4.69) is 10.7 Å². The minimum Gasteiger partial charge on any atom is -0.455 e. The molecule has 166 valence electrons. The van der Waals surface area contributed by atoms with Crippen LogP contribution in [0.4, 0.5) is 11.4 Å². The van der Waals surface area contributed by atoms with Crippen molar-refractivity contribution in [1.29, 1.82) is 0 Å². The normalized spacial score (nSPS) is 15.2. The van der Waals surface area contributed by atoms with Gasteiger partial charge in [0.25, 0.3) is 17.5 Å². The number of esters is 1. The molecule has 32 heavy (non-hydrogen) atoms. The van der Waals surface area contributed by atoms with Gasteiger partial charge in [-0.2, -0.15) is 0 Å². The van der Waals surface area contributed by atoms with E-state index >= 15 is 0 Å². The minimum atomic E-state index is -0.875. The lowest BCUT2D eigenvalue weighted by molar-refractivity contribution is -0.384. The van der Waals surface area contributed by atoms with Crippen molar-refractivity contribution in [3.05, 3.63) is 69.2 Å². The largest absolute Gasteiger partial charge is 0.455 e. The Bertz CT molecular complexity index is 1090. The Balaban J connectivity index is 1.49. The molecule has 2 aromatic rings. The molecule has 1 heterocycles. The number of carbonyl (C=O) groups is 4. The summed E-state index contributed by atoms with van der Waals surface area (Å²) >= 11 is 5.96. The molecule has 3 amide bonds. The summed E-state index contributed by atoms with van der Waals surface area (Å²) in [5.74, 6) is -3.46. The van der Waals surface area contributed by atoms with Crippen LogP contribution < -0.4 is 10.7 Å². The first-order chi connectivity index (χ1) is 15.2. The second-order valence-electron chi connectivity index (χ2n) is 6.79. The summed E-state index contributed by atoms with van der Waals surface area (Å²) in [5.41, 5.74) is 2.54. The van der Waals surface area contributed by atoms with Gasteiger partial charge in [-0.1, -0.05) is 29.8 Å². The van der Waals surface area contributed by atoms with Crippen LogP contribution in [0.1, 0.15) is 16.8 Å². The zero-order valence-electron chi connectivity index (χ0n) is 16.4. The first kappa shape index (κ1) is 22.7. The van der Waals surface area contributed by atoms with Crippen LogP contribution in [0.15, 0.2) is 48.5 Å². The molecule has 0 unspecified atom stereocenters. The fourth-order valence-corrected chi connectivity index (χ4v) is 3.17. The predicted molar refractivity (Wildman–Crippen MR) is 111 cm³/mol. The lowest BCUT2D eigenvalue weighted by Gasteiger charge is -2.18. The number of carbonyl (C=O) groups excluding carboxylic acids is 4. The zero-order valence-corrected chi connectivity index (χ0v) is 17.2. The van der Waals surface area contributed by atoms with Crippen LogP contribution in [0.3, 0.4) is 0 Å². The second kappa shape index (κ2) is 9.88. The van der Waals surface area contributed by atoms with E-state index in [1.54, 1.807) is 12.1 Å². The quantitative estimate of drug-likeness (QED) is 0.364. The number of nitrogens with one attached hydrogen (secondary N) is 2. The van der Waals surface area contributed by atoms with E-state index in [0.29, 0.717) is 0 Å². The molecule has 0 saturated carbocycles. The fraction of sp³-hybridized carbons (Fsp3) is 0.200. The molecule has 0 bridgehead atoms. The third-order valence-corrected chi connectivity index (χ3v) is 4.83. The fourth-order valence-electron chi connectivity index (χ4n) is 2.95. The highest BCUT2D eigenvalue weighted by atomic mass is 35.5. The van der Waals surface area contributed by atoms with Crippen molar-refractivity contribution in [3.8, 4) is 0 Å². The van der Waals surface area contributed by atoms with Crippen LogP contribution in [-0.4, -0.2) is 46.8 Å². The van der Waals surface area contributed by atoms with Crippen molar-refractivity contribution in [2.75, 3.05) is 18.5 Å². The molecule has 2 N–H and O–H groups in total. The van der Waals surface area contributed by atoms with Gasteiger partial charge in [-0.05, 0) is 18.2 Å². The maximum atomic E-state index is 12.3. The Labute approximate surface area is 186 Å². The molecule has 2 aromatic carbocycles. The van der Waals surface area contributed by atoms with Gasteiger partial charge in [0.15, 0.2) is 6.61 Å². The molecule has 1 aliphatic heterocycles. The van der Waals surface area contributed by atoms with E-state index < -0.39 is 41.1 Å². The minimum absolute atomic E-state index is 0.125. The molecule has 0 spiro atoms. The van der Waals surface area contributed by atoms with Crippen LogP contribution in [0, 0.1) is 16.0 Å². The Morgan fingerprint density at radius 2 is 1.94 bits per heavy atom. The molecular weight excluding hydrogens is 444 g/mol. The molecule has 1 aliphatic rings. The highest BCUT2D eigenvalue weighted by Crippen LogP contribution is 2.20. The van der Waals surface area contributed by atoms with E-state index in [1.165, 1.54) is 30.3 Å². The number of halogens is 1. The van der Waals surface area contributed by atoms with E-state index in [0.717, 1.165) is 11.1 Å². The lowest BCUT2D eigenvalue weighted by atomic mass is 10.1. The number of hydrazine groups is 1. The number of rotatable bonds is 7. The summed E-state index contributed by atoms with van der Waals surface area (Å²) in [7, 11) is 0. The lowest BCUT2D eigenvalue weighted by Crippen LogP contribution is -2.43. The summed E-state index contributed by atoms with van der Waals surface area (Å²) in [6, 6.07) is 11.6. The number of anilines is 1. The molecule has 0 aliphatic carbocycles. The highest BCUT2D eigenvalue weighted by Gasteiger charge is 2.37. The van der Waals surface area contributed by atoms with Crippen LogP contribution in [0.25, 0.3) is 0 Å². The summed E-state index contributed by atoms with van der Waals surface area (Å²) in [6.45, 7) is -0.765. The Morgan fingerprint density at radius 1 is 1.19 bits per heavy atom. The smallest absolute Gasteiger partial charge is 0.311 e. The standard InChI is InChI=1S/C20H17ClN4O7/c21-16-7-2-1-6-15(16)19(28)23-24-10-12(8-18(24)27)20(29)32-11-17(26)22-13-4-3-5-14(9-13)25(30)31/h1-7,9,12H,8,10-11H2,(H,22,26)(H,23,28)/t12-/m0/s1. The van der Waals surface area contributed by atoms with Crippen molar-refractivity contribution in [3.63, 3.8) is 0 Å². The SMILES string of the molecule is O=C(COC(=O)[C@H]1CC(=O)N(NC(=O)c2ccccc2Cl)C1)Nc1cccc([N+](=O)[O-])c1. The van der Waals surface area contributed by atoms with Crippen LogP contribution >= 0.6 is 11.6 Å². The number of hydrogen-bond donors (Lipinski definition) is 2. The Kier molecular flexibility index (Phi) is 7.00. The molecular formula is C20H17ClN4O7. The van der Waals surface area contributed by atoms with Gasteiger partial charge in [0.2, 0.25) is 5.91 Å². The summed E-state index contributed by atoms with van der Waals surface area (Å²) in [5, 5.41) is 14.4. The third kappa shape index (κ3) is 5.58. The van der Waals surface area contributed by atoms with E-state index in [9.17, 15) is 29.3 Å². The van der Waals surface area contributed by atoms with Gasteiger partial charge in [0, 0.05) is 24.2 Å². The number of amides is 3. The van der Waals surface area contributed by atoms with Gasteiger partial charge in [-0.15, -0.1) is 0 Å². The molecule has 0 aromatic heterocycles. The van der Waals surface area contributed by atoms with Crippen molar-refractivity contribution in [2.45, 2.75) is 6.42 Å². The van der Waals surface area contributed by atoms with Gasteiger partial charge in [0.05, 0.1) is 28.0 Å². The predicted octanol–water partition coefficient (Wildman–Crippen LogP) is 1.92. The first-order valence-electron chi connectivity index (χ1n) is 9.31. The van der Waals surface area contributed by atoms with Crippen LogP contribution in [-0.2, 0) is 19.1 Å². The average molecular weight is 461 g/mol. The molecule has 1 atom stereocenters. The molecule has 12 heteroatoms. The van der Waals surface area contributed by atoms with E-state index in [1.807, 2.05) is 0 Å². The second-order valence-corrected chi connectivity index (χ2v) is 7.20. The maximum Gasteiger partial charge on any atom is 0.311 e. The van der Waals surface area contributed by atoms with E-state index in [4.69, 9.17) is 16.3 Å². The first-order valence-corrected chi connectivity index (χ1v) is 9.69. The number of nitrogens with zero attached hydrogens (tertiary/aromatic N) is 2. The maximum absolute atomic E-state index is 12.3. The zero-order chi connectivity index (χ0) is 23.3. The van der Waals surface area contributed by atoms with Gasteiger partial charge in [-0.25, -0.2) is 0 Å². The van der Waals surface area contributed by atoms with Crippen molar-refractivity contribution in [2.24, 2.45) is 5.92 Å². The molecule has 11 nitrogen and oxygen atoms in total. The van der Waals surface area contributed by atoms with Gasteiger partial charge >= 0.3 is 5.97 Å². The van der Waals surface area contributed by atoms with Crippen molar-refractivity contribution >= 4 is 46.7 Å². The monoisotopic (exact) mass is 460 g/mol. The highest BCUT2D eigenvalue weighted by molar-refractivity contribution is 6.33. The Morgan fingerprint density at radius 3 is 2.66 bits per heavy atom. The Hall–Kier alpha value is -3.99.